The van der Waals surface area contributed by atoms with E-state index in [-0.39, 0.29) is 23.5 Å². The Morgan fingerprint density at radius 2 is 2.26 bits per heavy atom. The molecule has 2 unspecified atom stereocenters. The molecule has 1 aromatic rings. The largest absolute Gasteiger partial charge is 0.496 e. The van der Waals surface area contributed by atoms with Crippen LogP contribution in [0, 0.1) is 5.92 Å². The number of methoxy groups -OCH3 is 1. The van der Waals surface area contributed by atoms with Gasteiger partial charge in [-0.2, -0.15) is 0 Å². The van der Waals surface area contributed by atoms with Crippen molar-refractivity contribution < 1.29 is 13.2 Å². The van der Waals surface area contributed by atoms with Crippen molar-refractivity contribution >= 4 is 21.4 Å². The minimum absolute atomic E-state index is 0.0219. The number of halogens is 1. The molecule has 6 heteroatoms. The van der Waals surface area contributed by atoms with Crippen molar-refractivity contribution in [2.24, 2.45) is 11.7 Å². The molecule has 4 nitrogen and oxygen atoms in total. The van der Waals surface area contributed by atoms with Crippen LogP contribution in [0.5, 0.6) is 5.75 Å². The van der Waals surface area contributed by atoms with Gasteiger partial charge in [0.2, 0.25) is 0 Å². The molecule has 0 radical (unpaired) electrons. The first kappa shape index (κ1) is 14.6. The van der Waals surface area contributed by atoms with Crippen molar-refractivity contribution in [3.05, 3.63) is 28.8 Å². The Bertz CT molecular complexity index is 559. The molecule has 1 heterocycles. The van der Waals surface area contributed by atoms with E-state index in [4.69, 9.17) is 22.1 Å². The number of sulfone groups is 1. The first-order valence-electron chi connectivity index (χ1n) is 6.20. The maximum absolute atomic E-state index is 11.5. The van der Waals surface area contributed by atoms with Gasteiger partial charge >= 0.3 is 0 Å². The summed E-state index contributed by atoms with van der Waals surface area (Å²) in [6, 6.07) is 5.19. The Balaban J connectivity index is 2.11. The van der Waals surface area contributed by atoms with Crippen LogP contribution >= 0.6 is 11.6 Å². The average Bonchev–Trinajstić information content (AvgIpc) is 2.70. The number of benzene rings is 1. The van der Waals surface area contributed by atoms with Crippen LogP contribution in [0.15, 0.2) is 18.2 Å². The molecule has 0 spiro atoms. The van der Waals surface area contributed by atoms with Gasteiger partial charge in [0.05, 0.1) is 18.6 Å². The van der Waals surface area contributed by atoms with Crippen LogP contribution in [0.4, 0.5) is 0 Å². The number of rotatable bonds is 4. The Morgan fingerprint density at radius 1 is 1.53 bits per heavy atom. The summed E-state index contributed by atoms with van der Waals surface area (Å²) in [7, 11) is -1.30. The van der Waals surface area contributed by atoms with E-state index in [2.05, 4.69) is 0 Å². The normalized spacial score (nSPS) is 23.2. The van der Waals surface area contributed by atoms with E-state index in [0.717, 1.165) is 11.3 Å². The average molecular weight is 304 g/mol. The highest BCUT2D eigenvalue weighted by Crippen LogP contribution is 2.27. The van der Waals surface area contributed by atoms with Gasteiger partial charge in [-0.05, 0) is 42.5 Å². The lowest BCUT2D eigenvalue weighted by atomic mass is 9.93. The Morgan fingerprint density at radius 3 is 2.84 bits per heavy atom. The number of hydrogen-bond donors (Lipinski definition) is 1. The van der Waals surface area contributed by atoms with Crippen molar-refractivity contribution in [1.82, 2.24) is 0 Å². The fourth-order valence-corrected chi connectivity index (χ4v) is 4.58. The molecular weight excluding hydrogens is 286 g/mol. The van der Waals surface area contributed by atoms with Gasteiger partial charge in [-0.15, -0.1) is 0 Å². The summed E-state index contributed by atoms with van der Waals surface area (Å²) in [6.07, 6.45) is 1.22. The Labute approximate surface area is 118 Å². The van der Waals surface area contributed by atoms with Crippen LogP contribution in [-0.2, 0) is 16.3 Å². The number of hydrogen-bond acceptors (Lipinski definition) is 4. The van der Waals surface area contributed by atoms with Crippen LogP contribution in [0.3, 0.4) is 0 Å². The minimum atomic E-state index is -2.89. The third-order valence-corrected chi connectivity index (χ3v) is 5.60. The molecule has 2 rings (SSSR count). The quantitative estimate of drug-likeness (QED) is 0.918. The van der Waals surface area contributed by atoms with Crippen molar-refractivity contribution in [2.45, 2.75) is 18.9 Å². The molecular formula is C13H18ClNO3S. The number of ether oxygens (including phenoxy) is 1. The van der Waals surface area contributed by atoms with Crippen molar-refractivity contribution in [1.29, 1.82) is 0 Å². The zero-order chi connectivity index (χ0) is 14.0. The molecule has 2 N–H and O–H groups in total. The summed E-state index contributed by atoms with van der Waals surface area (Å²) in [6.45, 7) is 0. The Hall–Kier alpha value is -0.780. The molecule has 0 bridgehead atoms. The zero-order valence-electron chi connectivity index (χ0n) is 10.8. The molecule has 0 saturated carbocycles. The van der Waals surface area contributed by atoms with Gasteiger partial charge in [-0.1, -0.05) is 11.6 Å². The van der Waals surface area contributed by atoms with Crippen LogP contribution in [0.25, 0.3) is 0 Å². The SMILES string of the molecule is COc1ccc(Cl)cc1CC(N)C1CCS(=O)(=O)C1. The summed E-state index contributed by atoms with van der Waals surface area (Å²) < 4.78 is 28.2. The topological polar surface area (TPSA) is 69.4 Å². The van der Waals surface area contributed by atoms with E-state index in [1.807, 2.05) is 6.07 Å². The monoisotopic (exact) mass is 303 g/mol. The summed E-state index contributed by atoms with van der Waals surface area (Å²) in [5.74, 6) is 1.20. The fourth-order valence-electron chi connectivity index (χ4n) is 2.49. The minimum Gasteiger partial charge on any atom is -0.496 e. The highest BCUT2D eigenvalue weighted by Gasteiger charge is 2.32. The standard InChI is InChI=1S/C13H18ClNO3S/c1-18-13-3-2-11(14)6-10(13)7-12(15)9-4-5-19(16,17)8-9/h2-3,6,9,12H,4-5,7-8,15H2,1H3. The molecule has 2 atom stereocenters. The van der Waals surface area contributed by atoms with E-state index < -0.39 is 9.84 Å². The lowest BCUT2D eigenvalue weighted by molar-refractivity contribution is 0.400. The summed E-state index contributed by atoms with van der Waals surface area (Å²) in [5.41, 5.74) is 7.07. The van der Waals surface area contributed by atoms with Gasteiger partial charge in [0.15, 0.2) is 9.84 Å². The van der Waals surface area contributed by atoms with E-state index in [1.165, 1.54) is 0 Å². The van der Waals surface area contributed by atoms with E-state index in [1.54, 1.807) is 19.2 Å². The smallest absolute Gasteiger partial charge is 0.150 e. The second-order valence-electron chi connectivity index (χ2n) is 4.99. The molecule has 1 aliphatic heterocycles. The molecule has 1 saturated heterocycles. The van der Waals surface area contributed by atoms with Crippen LogP contribution in [-0.4, -0.2) is 33.1 Å². The van der Waals surface area contributed by atoms with E-state index >= 15 is 0 Å². The van der Waals surface area contributed by atoms with Gasteiger partial charge in [-0.25, -0.2) is 8.42 Å². The summed E-state index contributed by atoms with van der Waals surface area (Å²) in [4.78, 5) is 0. The van der Waals surface area contributed by atoms with Crippen LogP contribution in [0.1, 0.15) is 12.0 Å². The van der Waals surface area contributed by atoms with Gasteiger partial charge in [0.1, 0.15) is 5.75 Å². The molecule has 1 aliphatic rings. The summed E-state index contributed by atoms with van der Waals surface area (Å²) >= 11 is 5.97. The summed E-state index contributed by atoms with van der Waals surface area (Å²) in [5, 5.41) is 0.627. The first-order chi connectivity index (χ1) is 8.91. The molecule has 1 aromatic carbocycles. The number of nitrogens with two attached hydrogens (primary N) is 1. The second-order valence-corrected chi connectivity index (χ2v) is 7.65. The predicted molar refractivity (Wildman–Crippen MR) is 76.4 cm³/mol. The lowest BCUT2D eigenvalue weighted by Gasteiger charge is -2.19. The third-order valence-electron chi connectivity index (χ3n) is 3.57. The van der Waals surface area contributed by atoms with Crippen molar-refractivity contribution in [3.63, 3.8) is 0 Å². The van der Waals surface area contributed by atoms with Crippen LogP contribution in [0.2, 0.25) is 5.02 Å². The van der Waals surface area contributed by atoms with Gasteiger partial charge in [0.25, 0.3) is 0 Å². The zero-order valence-corrected chi connectivity index (χ0v) is 12.4. The second kappa shape index (κ2) is 5.69. The molecule has 0 amide bonds. The molecule has 0 aromatic heterocycles. The predicted octanol–water partition coefficient (Wildman–Crippen LogP) is 1.65. The third kappa shape index (κ3) is 3.61. The fraction of sp³-hybridized carbons (Fsp3) is 0.538. The highest BCUT2D eigenvalue weighted by atomic mass is 35.5. The highest BCUT2D eigenvalue weighted by molar-refractivity contribution is 7.91. The van der Waals surface area contributed by atoms with Gasteiger partial charge < -0.3 is 10.5 Å². The van der Waals surface area contributed by atoms with E-state index in [9.17, 15) is 8.42 Å². The molecule has 19 heavy (non-hydrogen) atoms. The van der Waals surface area contributed by atoms with E-state index in [0.29, 0.717) is 17.9 Å². The van der Waals surface area contributed by atoms with Gasteiger partial charge in [0, 0.05) is 11.1 Å². The van der Waals surface area contributed by atoms with Crippen molar-refractivity contribution in [3.8, 4) is 5.75 Å². The maximum atomic E-state index is 11.5. The Kier molecular flexibility index (Phi) is 4.38. The molecule has 0 aliphatic carbocycles. The first-order valence-corrected chi connectivity index (χ1v) is 8.39. The van der Waals surface area contributed by atoms with Crippen molar-refractivity contribution in [2.75, 3.05) is 18.6 Å². The van der Waals surface area contributed by atoms with Gasteiger partial charge in [-0.3, -0.25) is 0 Å². The molecule has 1 fully saturated rings. The molecule has 106 valence electrons. The van der Waals surface area contributed by atoms with Crippen LogP contribution < -0.4 is 10.5 Å². The maximum Gasteiger partial charge on any atom is 0.150 e. The lowest BCUT2D eigenvalue weighted by Crippen LogP contribution is -2.33.